The van der Waals surface area contributed by atoms with E-state index < -0.39 is 17.3 Å². The van der Waals surface area contributed by atoms with Crippen LogP contribution in [0.5, 0.6) is 0 Å². The van der Waals surface area contributed by atoms with E-state index in [-0.39, 0.29) is 6.54 Å². The van der Waals surface area contributed by atoms with Gasteiger partial charge >= 0.3 is 6.03 Å². The number of urea groups is 1. The van der Waals surface area contributed by atoms with Gasteiger partial charge in [0.25, 0.3) is 0 Å². The third kappa shape index (κ3) is 4.81. The molecule has 1 atom stereocenters. The van der Waals surface area contributed by atoms with E-state index in [2.05, 4.69) is 20.8 Å². The fourth-order valence-electron chi connectivity index (χ4n) is 0.980. The number of aromatic nitrogens is 2. The number of nitrogens with zero attached hydrogens (tertiary/aromatic N) is 2. The van der Waals surface area contributed by atoms with E-state index in [1.807, 2.05) is 0 Å². The lowest BCUT2D eigenvalue weighted by Crippen LogP contribution is -2.42. The Morgan fingerprint density at radius 1 is 1.53 bits per heavy atom. The normalized spacial score (nSPS) is 11.9. The fraction of sp³-hybridized carbons (Fsp3) is 0.556. The molecule has 1 rings (SSSR count). The van der Waals surface area contributed by atoms with Gasteiger partial charge in [0.05, 0.1) is 0 Å². The molecule has 0 spiro atoms. The predicted octanol–water partition coefficient (Wildman–Crippen LogP) is 0.374. The Morgan fingerprint density at radius 3 is 2.76 bits per heavy atom. The van der Waals surface area contributed by atoms with Crippen LogP contribution >= 0.6 is 11.6 Å². The van der Waals surface area contributed by atoms with Crippen LogP contribution in [-0.2, 0) is 11.2 Å². The number of imide groups is 1. The Morgan fingerprint density at radius 2 is 2.24 bits per heavy atom. The standard InChI is InChI=1S/C9H13ClN4O3/c1-5(10)8(15)13-9(16)11-4-3-7-12-6(2)14-17-7/h5H,3-4H2,1-2H3,(H2,11,13,15,16). The van der Waals surface area contributed by atoms with Gasteiger partial charge in [-0.2, -0.15) is 4.98 Å². The first-order valence-electron chi connectivity index (χ1n) is 5.01. The number of hydrogen-bond acceptors (Lipinski definition) is 5. The molecule has 1 heterocycles. The molecular weight excluding hydrogens is 248 g/mol. The Bertz CT molecular complexity index is 405. The second-order valence-electron chi connectivity index (χ2n) is 3.35. The number of carbonyl (C=O) groups is 2. The summed E-state index contributed by atoms with van der Waals surface area (Å²) in [5.74, 6) is 0.424. The average Bonchev–Trinajstić information content (AvgIpc) is 2.64. The molecule has 0 fully saturated rings. The van der Waals surface area contributed by atoms with Gasteiger partial charge in [0.15, 0.2) is 5.82 Å². The summed E-state index contributed by atoms with van der Waals surface area (Å²) in [5.41, 5.74) is 0. The summed E-state index contributed by atoms with van der Waals surface area (Å²) in [6.45, 7) is 3.47. The van der Waals surface area contributed by atoms with Crippen LogP contribution in [0.4, 0.5) is 4.79 Å². The summed E-state index contributed by atoms with van der Waals surface area (Å²) in [7, 11) is 0. The lowest BCUT2D eigenvalue weighted by Gasteiger charge is -2.06. The first kappa shape index (κ1) is 13.4. The van der Waals surface area contributed by atoms with Gasteiger partial charge < -0.3 is 9.84 Å². The molecule has 0 saturated carbocycles. The zero-order valence-corrected chi connectivity index (χ0v) is 10.2. The third-order valence-electron chi connectivity index (χ3n) is 1.79. The van der Waals surface area contributed by atoms with Crippen LogP contribution in [0.15, 0.2) is 4.52 Å². The molecule has 1 aromatic heterocycles. The van der Waals surface area contributed by atoms with Crippen LogP contribution in [0.2, 0.25) is 0 Å². The van der Waals surface area contributed by atoms with Crippen molar-refractivity contribution < 1.29 is 14.1 Å². The number of aryl methyl sites for hydroxylation is 1. The van der Waals surface area contributed by atoms with E-state index in [0.717, 1.165) is 0 Å². The second kappa shape index (κ2) is 6.19. The van der Waals surface area contributed by atoms with Gasteiger partial charge in [-0.15, -0.1) is 11.6 Å². The van der Waals surface area contributed by atoms with E-state index >= 15 is 0 Å². The van der Waals surface area contributed by atoms with Gasteiger partial charge in [0.2, 0.25) is 11.8 Å². The van der Waals surface area contributed by atoms with E-state index in [1.165, 1.54) is 6.92 Å². The van der Waals surface area contributed by atoms with Gasteiger partial charge in [0, 0.05) is 13.0 Å². The van der Waals surface area contributed by atoms with Crippen molar-refractivity contribution in [2.24, 2.45) is 0 Å². The molecule has 1 aromatic rings. The van der Waals surface area contributed by atoms with Crippen LogP contribution in [0.1, 0.15) is 18.6 Å². The minimum absolute atomic E-state index is 0.289. The van der Waals surface area contributed by atoms with Crippen LogP contribution < -0.4 is 10.6 Å². The number of alkyl halides is 1. The molecule has 2 N–H and O–H groups in total. The Kier molecular flexibility index (Phi) is 4.89. The molecule has 94 valence electrons. The third-order valence-corrected chi connectivity index (χ3v) is 1.99. The van der Waals surface area contributed by atoms with E-state index in [0.29, 0.717) is 18.1 Å². The zero-order valence-electron chi connectivity index (χ0n) is 9.49. The van der Waals surface area contributed by atoms with Crippen LogP contribution in [0.25, 0.3) is 0 Å². The molecule has 0 saturated heterocycles. The number of nitrogens with one attached hydrogen (secondary N) is 2. The molecule has 0 radical (unpaired) electrons. The zero-order chi connectivity index (χ0) is 12.8. The highest BCUT2D eigenvalue weighted by Crippen LogP contribution is 1.95. The van der Waals surface area contributed by atoms with E-state index in [9.17, 15) is 9.59 Å². The summed E-state index contributed by atoms with van der Waals surface area (Å²) in [5, 5.41) is 7.40. The van der Waals surface area contributed by atoms with Gasteiger partial charge in [-0.3, -0.25) is 10.1 Å². The summed E-state index contributed by atoms with van der Waals surface area (Å²) in [6.07, 6.45) is 0.402. The van der Waals surface area contributed by atoms with E-state index in [4.69, 9.17) is 16.1 Å². The molecule has 0 bridgehead atoms. The first-order valence-corrected chi connectivity index (χ1v) is 5.44. The number of hydrogen-bond donors (Lipinski definition) is 2. The maximum atomic E-state index is 11.2. The maximum absolute atomic E-state index is 11.2. The van der Waals surface area contributed by atoms with Crippen molar-refractivity contribution in [2.75, 3.05) is 6.54 Å². The quantitative estimate of drug-likeness (QED) is 0.763. The molecule has 17 heavy (non-hydrogen) atoms. The molecule has 8 heteroatoms. The topological polar surface area (TPSA) is 97.1 Å². The number of carbonyl (C=O) groups excluding carboxylic acids is 2. The van der Waals surface area contributed by atoms with Gasteiger partial charge in [-0.25, -0.2) is 4.79 Å². The second-order valence-corrected chi connectivity index (χ2v) is 4.00. The molecule has 0 aliphatic heterocycles. The van der Waals surface area contributed by atoms with Crippen LogP contribution in [-0.4, -0.2) is 34.0 Å². The number of halogens is 1. The highest BCUT2D eigenvalue weighted by Gasteiger charge is 2.12. The maximum Gasteiger partial charge on any atom is 0.321 e. The Hall–Kier alpha value is -1.63. The van der Waals surface area contributed by atoms with Gasteiger partial charge in [-0.05, 0) is 13.8 Å². The molecule has 7 nitrogen and oxygen atoms in total. The molecule has 3 amide bonds. The largest absolute Gasteiger partial charge is 0.339 e. The minimum Gasteiger partial charge on any atom is -0.339 e. The number of rotatable bonds is 4. The van der Waals surface area contributed by atoms with Gasteiger partial charge in [0.1, 0.15) is 5.38 Å². The lowest BCUT2D eigenvalue weighted by atomic mass is 10.4. The first-order chi connectivity index (χ1) is 7.99. The summed E-state index contributed by atoms with van der Waals surface area (Å²) < 4.78 is 4.84. The molecule has 0 aromatic carbocycles. The smallest absolute Gasteiger partial charge is 0.321 e. The van der Waals surface area contributed by atoms with Crippen molar-refractivity contribution in [3.8, 4) is 0 Å². The SMILES string of the molecule is Cc1noc(CCNC(=O)NC(=O)C(C)Cl)n1. The summed E-state index contributed by atoms with van der Waals surface area (Å²) in [6, 6.07) is -0.598. The Balaban J connectivity index is 2.23. The van der Waals surface area contributed by atoms with Crippen LogP contribution in [0.3, 0.4) is 0 Å². The van der Waals surface area contributed by atoms with Crippen molar-refractivity contribution in [2.45, 2.75) is 25.6 Å². The van der Waals surface area contributed by atoms with E-state index in [1.54, 1.807) is 6.92 Å². The van der Waals surface area contributed by atoms with Crippen LogP contribution in [0, 0.1) is 6.92 Å². The van der Waals surface area contributed by atoms with Crippen molar-refractivity contribution in [3.63, 3.8) is 0 Å². The fourth-order valence-corrected chi connectivity index (χ4v) is 1.03. The monoisotopic (exact) mass is 260 g/mol. The molecule has 0 aliphatic carbocycles. The average molecular weight is 261 g/mol. The Labute approximate surface area is 103 Å². The van der Waals surface area contributed by atoms with Crippen molar-refractivity contribution in [1.29, 1.82) is 0 Å². The highest BCUT2D eigenvalue weighted by atomic mass is 35.5. The molecular formula is C9H13ClN4O3. The number of amides is 3. The minimum atomic E-state index is -0.751. The predicted molar refractivity (Wildman–Crippen MR) is 59.6 cm³/mol. The molecule has 0 aliphatic rings. The van der Waals surface area contributed by atoms with Crippen molar-refractivity contribution in [3.05, 3.63) is 11.7 Å². The summed E-state index contributed by atoms with van der Waals surface area (Å²) in [4.78, 5) is 26.2. The van der Waals surface area contributed by atoms with Crippen molar-refractivity contribution >= 4 is 23.5 Å². The van der Waals surface area contributed by atoms with Crippen molar-refractivity contribution in [1.82, 2.24) is 20.8 Å². The molecule has 1 unspecified atom stereocenters. The summed E-state index contributed by atoms with van der Waals surface area (Å²) >= 11 is 5.48. The highest BCUT2D eigenvalue weighted by molar-refractivity contribution is 6.31. The van der Waals surface area contributed by atoms with Gasteiger partial charge in [-0.1, -0.05) is 5.16 Å². The lowest BCUT2D eigenvalue weighted by molar-refractivity contribution is -0.119.